The number of carbonyl (C=O) groups excluding carboxylic acids is 1. The number of ketones is 1. The molecule has 0 saturated heterocycles. The predicted molar refractivity (Wildman–Crippen MR) is 73.3 cm³/mol. The van der Waals surface area contributed by atoms with Crippen LogP contribution in [0.15, 0.2) is 30.4 Å². The number of Topliss-reactive ketones (excluding diaryl/α,β-unsaturated/α-hetero) is 1. The van der Waals surface area contributed by atoms with Crippen LogP contribution in [0.1, 0.15) is 47.5 Å². The van der Waals surface area contributed by atoms with Crippen molar-refractivity contribution in [3.63, 3.8) is 0 Å². The zero-order valence-electron chi connectivity index (χ0n) is 10.9. The summed E-state index contributed by atoms with van der Waals surface area (Å²) in [6.45, 7) is 0. The summed E-state index contributed by atoms with van der Waals surface area (Å²) in [4.78, 5) is 12.3. The van der Waals surface area contributed by atoms with E-state index < -0.39 is 0 Å². The fourth-order valence-corrected chi connectivity index (χ4v) is 4.53. The standard InChI is InChI=1S/C17H18O2/c18-11-5-7-14-13-6-4-10-2-1-3-12(10)15(13)9-17(19)16(14)8-11/h1-2,5,7-8,10,12-13,15,18H,3-4,6,9H2. The molecule has 2 heteroatoms. The van der Waals surface area contributed by atoms with Gasteiger partial charge in [-0.25, -0.2) is 0 Å². The second kappa shape index (κ2) is 3.96. The number of phenols is 1. The van der Waals surface area contributed by atoms with E-state index in [9.17, 15) is 9.90 Å². The molecule has 1 aromatic rings. The summed E-state index contributed by atoms with van der Waals surface area (Å²) in [5.41, 5.74) is 1.95. The molecule has 3 aliphatic carbocycles. The molecule has 98 valence electrons. The topological polar surface area (TPSA) is 37.3 Å². The minimum absolute atomic E-state index is 0.210. The SMILES string of the molecule is O=C1CC2C(CCC3C=CCC32)c2ccc(O)cc21. The van der Waals surface area contributed by atoms with Crippen molar-refractivity contribution in [3.8, 4) is 5.75 Å². The Morgan fingerprint density at radius 2 is 2.05 bits per heavy atom. The van der Waals surface area contributed by atoms with Crippen molar-refractivity contribution in [2.24, 2.45) is 17.8 Å². The molecule has 0 aromatic heterocycles. The molecule has 0 radical (unpaired) electrons. The lowest BCUT2D eigenvalue weighted by Crippen LogP contribution is -2.36. The maximum absolute atomic E-state index is 12.3. The molecule has 0 aliphatic heterocycles. The maximum Gasteiger partial charge on any atom is 0.163 e. The quantitative estimate of drug-likeness (QED) is 0.717. The highest BCUT2D eigenvalue weighted by Gasteiger charge is 2.44. The van der Waals surface area contributed by atoms with Crippen molar-refractivity contribution in [2.45, 2.75) is 31.6 Å². The van der Waals surface area contributed by atoms with Crippen LogP contribution in [0.25, 0.3) is 0 Å². The van der Waals surface area contributed by atoms with E-state index in [-0.39, 0.29) is 11.5 Å². The molecule has 4 atom stereocenters. The number of allylic oxidation sites excluding steroid dienone is 2. The third-order valence-electron chi connectivity index (χ3n) is 5.38. The van der Waals surface area contributed by atoms with Gasteiger partial charge in [0.25, 0.3) is 0 Å². The molecule has 3 aliphatic rings. The molecule has 2 nitrogen and oxygen atoms in total. The Morgan fingerprint density at radius 3 is 2.95 bits per heavy atom. The minimum Gasteiger partial charge on any atom is -0.508 e. The smallest absolute Gasteiger partial charge is 0.163 e. The highest BCUT2D eigenvalue weighted by Crippen LogP contribution is 2.53. The monoisotopic (exact) mass is 254 g/mol. The van der Waals surface area contributed by atoms with Gasteiger partial charge in [-0.1, -0.05) is 18.2 Å². The Labute approximate surface area is 113 Å². The molecule has 0 heterocycles. The number of fused-ring (bicyclic) bond motifs is 5. The van der Waals surface area contributed by atoms with Gasteiger partial charge >= 0.3 is 0 Å². The van der Waals surface area contributed by atoms with Gasteiger partial charge in [-0.3, -0.25) is 4.79 Å². The van der Waals surface area contributed by atoms with Crippen LogP contribution < -0.4 is 0 Å². The summed E-state index contributed by atoms with van der Waals surface area (Å²) in [6.07, 6.45) is 8.90. The molecule has 1 fully saturated rings. The van der Waals surface area contributed by atoms with Crippen LogP contribution in [-0.4, -0.2) is 10.9 Å². The molecule has 0 bridgehead atoms. The number of carbonyl (C=O) groups is 1. The van der Waals surface area contributed by atoms with Gasteiger partial charge in [0.2, 0.25) is 0 Å². The molecule has 4 unspecified atom stereocenters. The van der Waals surface area contributed by atoms with Crippen molar-refractivity contribution >= 4 is 5.78 Å². The predicted octanol–water partition coefficient (Wildman–Crippen LogP) is 3.66. The van der Waals surface area contributed by atoms with E-state index in [2.05, 4.69) is 12.2 Å². The first-order valence-electron chi connectivity index (χ1n) is 7.27. The van der Waals surface area contributed by atoms with E-state index in [0.717, 1.165) is 12.0 Å². The largest absolute Gasteiger partial charge is 0.508 e. The van der Waals surface area contributed by atoms with Gasteiger partial charge in [-0.2, -0.15) is 0 Å². The van der Waals surface area contributed by atoms with Gasteiger partial charge in [0.05, 0.1) is 0 Å². The first-order valence-corrected chi connectivity index (χ1v) is 7.27. The highest BCUT2D eigenvalue weighted by molar-refractivity contribution is 5.99. The Bertz CT molecular complexity index is 573. The van der Waals surface area contributed by atoms with Gasteiger partial charge in [0.1, 0.15) is 5.75 Å². The summed E-state index contributed by atoms with van der Waals surface area (Å²) in [7, 11) is 0. The van der Waals surface area contributed by atoms with Gasteiger partial charge in [-0.05, 0) is 60.6 Å². The molecule has 4 rings (SSSR count). The summed E-state index contributed by atoms with van der Waals surface area (Å²) in [6, 6.07) is 5.36. The summed E-state index contributed by atoms with van der Waals surface area (Å²) < 4.78 is 0. The molecule has 1 saturated carbocycles. The lowest BCUT2D eigenvalue weighted by molar-refractivity contribution is 0.0837. The fraction of sp³-hybridized carbons (Fsp3) is 0.471. The molecule has 0 spiro atoms. The second-order valence-corrected chi connectivity index (χ2v) is 6.24. The Kier molecular flexibility index (Phi) is 2.35. The van der Waals surface area contributed by atoms with Crippen molar-refractivity contribution in [1.29, 1.82) is 0 Å². The van der Waals surface area contributed by atoms with Crippen molar-refractivity contribution in [2.75, 3.05) is 0 Å². The van der Waals surface area contributed by atoms with E-state index in [0.29, 0.717) is 30.1 Å². The lowest BCUT2D eigenvalue weighted by Gasteiger charge is -2.43. The molecule has 1 N–H and O–H groups in total. The zero-order chi connectivity index (χ0) is 13.0. The number of phenolic OH excluding ortho intramolecular Hbond substituents is 1. The summed E-state index contributed by atoms with van der Waals surface area (Å²) >= 11 is 0. The van der Waals surface area contributed by atoms with Crippen LogP contribution in [0.4, 0.5) is 0 Å². The van der Waals surface area contributed by atoms with E-state index in [1.165, 1.54) is 18.4 Å². The highest BCUT2D eigenvalue weighted by atomic mass is 16.3. The van der Waals surface area contributed by atoms with E-state index in [4.69, 9.17) is 0 Å². The summed E-state index contributed by atoms with van der Waals surface area (Å²) in [5.74, 6) is 2.84. The first kappa shape index (κ1) is 11.3. The van der Waals surface area contributed by atoms with Crippen molar-refractivity contribution in [1.82, 2.24) is 0 Å². The van der Waals surface area contributed by atoms with Gasteiger partial charge in [0, 0.05) is 12.0 Å². The molecular formula is C17H18O2. The molecule has 0 amide bonds. The Hall–Kier alpha value is -1.57. The van der Waals surface area contributed by atoms with Crippen molar-refractivity contribution in [3.05, 3.63) is 41.5 Å². The Balaban J connectivity index is 1.77. The number of hydrogen-bond acceptors (Lipinski definition) is 2. The van der Waals surface area contributed by atoms with Gasteiger partial charge < -0.3 is 5.11 Å². The van der Waals surface area contributed by atoms with E-state index in [1.54, 1.807) is 12.1 Å². The van der Waals surface area contributed by atoms with Crippen LogP contribution in [0.5, 0.6) is 5.75 Å². The van der Waals surface area contributed by atoms with Gasteiger partial charge in [-0.15, -0.1) is 0 Å². The third-order valence-corrected chi connectivity index (χ3v) is 5.38. The minimum atomic E-state index is 0.210. The van der Waals surface area contributed by atoms with E-state index >= 15 is 0 Å². The number of aromatic hydroxyl groups is 1. The van der Waals surface area contributed by atoms with E-state index in [1.807, 2.05) is 6.07 Å². The van der Waals surface area contributed by atoms with Crippen LogP contribution in [-0.2, 0) is 0 Å². The summed E-state index contributed by atoms with van der Waals surface area (Å²) in [5, 5.41) is 9.59. The average Bonchev–Trinajstić information content (AvgIpc) is 2.88. The second-order valence-electron chi connectivity index (χ2n) is 6.24. The van der Waals surface area contributed by atoms with Crippen molar-refractivity contribution < 1.29 is 9.90 Å². The molecular weight excluding hydrogens is 236 g/mol. The number of hydrogen-bond donors (Lipinski definition) is 1. The van der Waals surface area contributed by atoms with Crippen LogP contribution in [0.3, 0.4) is 0 Å². The zero-order valence-corrected chi connectivity index (χ0v) is 10.9. The molecule has 1 aromatic carbocycles. The van der Waals surface area contributed by atoms with Crippen LogP contribution in [0, 0.1) is 17.8 Å². The average molecular weight is 254 g/mol. The lowest BCUT2D eigenvalue weighted by atomic mass is 9.60. The van der Waals surface area contributed by atoms with Gasteiger partial charge in [0.15, 0.2) is 5.78 Å². The number of benzene rings is 1. The molecule has 19 heavy (non-hydrogen) atoms. The Morgan fingerprint density at radius 1 is 1.16 bits per heavy atom. The van der Waals surface area contributed by atoms with Crippen LogP contribution in [0.2, 0.25) is 0 Å². The fourth-order valence-electron chi connectivity index (χ4n) is 4.53. The van der Waals surface area contributed by atoms with Crippen LogP contribution >= 0.6 is 0 Å². The normalized spacial score (nSPS) is 35.7. The third kappa shape index (κ3) is 1.59. The number of rotatable bonds is 0. The maximum atomic E-state index is 12.3. The first-order chi connectivity index (χ1) is 9.24.